The molecule has 1 fully saturated rings. The minimum Gasteiger partial charge on any atom is -0.299 e. The number of nitrogens with zero attached hydrogens (tertiary/aromatic N) is 1. The van der Waals surface area contributed by atoms with Crippen LogP contribution in [0.15, 0.2) is 54.6 Å². The first kappa shape index (κ1) is 17.9. The number of hydrogen-bond donors (Lipinski definition) is 0. The Bertz CT molecular complexity index is 720. The summed E-state index contributed by atoms with van der Waals surface area (Å²) in [7, 11) is 0. The third-order valence-corrected chi connectivity index (χ3v) is 5.43. The van der Waals surface area contributed by atoms with Crippen LogP contribution in [0.1, 0.15) is 62.1 Å². The monoisotopic (exact) mass is 335 g/mol. The lowest BCUT2D eigenvalue weighted by molar-refractivity contribution is -0.125. The van der Waals surface area contributed by atoms with Crippen molar-refractivity contribution >= 4 is 5.78 Å². The Balaban J connectivity index is 1.97. The Morgan fingerprint density at radius 3 is 2.04 bits per heavy atom. The summed E-state index contributed by atoms with van der Waals surface area (Å²) in [5.41, 5.74) is 3.62. The van der Waals surface area contributed by atoms with Crippen LogP contribution in [0.4, 0.5) is 0 Å². The van der Waals surface area contributed by atoms with E-state index in [2.05, 4.69) is 69.0 Å². The Morgan fingerprint density at radius 2 is 1.44 bits per heavy atom. The van der Waals surface area contributed by atoms with Gasteiger partial charge in [-0.05, 0) is 36.5 Å². The molecule has 2 unspecified atom stereocenters. The van der Waals surface area contributed by atoms with Crippen LogP contribution in [0.3, 0.4) is 0 Å². The fraction of sp³-hybridized carbons (Fsp3) is 0.435. The van der Waals surface area contributed by atoms with Gasteiger partial charge in [-0.25, -0.2) is 0 Å². The summed E-state index contributed by atoms with van der Waals surface area (Å²) in [6.07, 6.45) is 0. The predicted molar refractivity (Wildman–Crippen MR) is 104 cm³/mol. The number of likely N-dealkylation sites (tertiary alicyclic amines) is 1. The molecule has 2 nitrogen and oxygen atoms in total. The molecular formula is C23H29NO. The summed E-state index contributed by atoms with van der Waals surface area (Å²) < 4.78 is 0. The predicted octanol–water partition coefficient (Wildman–Crippen LogP) is 4.97. The second-order valence-corrected chi connectivity index (χ2v) is 7.79. The van der Waals surface area contributed by atoms with Gasteiger partial charge in [-0.15, -0.1) is 0 Å². The van der Waals surface area contributed by atoms with Gasteiger partial charge in [-0.3, -0.25) is 9.69 Å². The van der Waals surface area contributed by atoms with Gasteiger partial charge >= 0.3 is 0 Å². The first-order chi connectivity index (χ1) is 12.0. The zero-order valence-corrected chi connectivity index (χ0v) is 15.8. The summed E-state index contributed by atoms with van der Waals surface area (Å²) in [4.78, 5) is 15.8. The topological polar surface area (TPSA) is 20.3 Å². The van der Waals surface area contributed by atoms with E-state index in [4.69, 9.17) is 0 Å². The molecule has 2 heteroatoms. The minimum atomic E-state index is -0.0416. The van der Waals surface area contributed by atoms with Crippen molar-refractivity contribution in [1.29, 1.82) is 0 Å². The quantitative estimate of drug-likeness (QED) is 0.786. The number of carbonyl (C=O) groups is 1. The Labute approximate surface area is 151 Å². The van der Waals surface area contributed by atoms with Gasteiger partial charge in [0.05, 0.1) is 11.8 Å². The molecule has 3 rings (SSSR count). The Morgan fingerprint density at radius 1 is 0.840 bits per heavy atom. The van der Waals surface area contributed by atoms with E-state index < -0.39 is 0 Å². The van der Waals surface area contributed by atoms with Crippen LogP contribution < -0.4 is 0 Å². The Kier molecular flexibility index (Phi) is 5.39. The van der Waals surface area contributed by atoms with E-state index in [1.807, 2.05) is 18.2 Å². The van der Waals surface area contributed by atoms with Crippen LogP contribution in [0.2, 0.25) is 0 Å². The molecule has 0 amide bonds. The standard InChI is InChI=1S/C23H29NO/c1-16(2)19-11-8-12-20(13-19)22-15-24(17(3)4)14-21(23(22)25)18-9-6-5-7-10-18/h5-13,16-17,21-22H,14-15H2,1-4H3. The number of carbonyl (C=O) groups excluding carboxylic acids is 1. The molecule has 2 aromatic carbocycles. The summed E-state index contributed by atoms with van der Waals surface area (Å²) in [6, 6.07) is 19.3. The van der Waals surface area contributed by atoms with Crippen molar-refractivity contribution in [2.75, 3.05) is 13.1 Å². The molecule has 0 bridgehead atoms. The average Bonchev–Trinajstić information content (AvgIpc) is 2.62. The summed E-state index contributed by atoms with van der Waals surface area (Å²) in [5, 5.41) is 0. The minimum absolute atomic E-state index is 0.0370. The third kappa shape index (κ3) is 3.85. The molecule has 2 atom stereocenters. The molecule has 0 N–H and O–H groups in total. The molecule has 0 saturated carbocycles. The lowest BCUT2D eigenvalue weighted by Crippen LogP contribution is -2.47. The molecule has 1 aliphatic rings. The van der Waals surface area contributed by atoms with Crippen molar-refractivity contribution in [2.45, 2.75) is 51.5 Å². The van der Waals surface area contributed by atoms with Crippen molar-refractivity contribution < 1.29 is 4.79 Å². The number of benzene rings is 2. The van der Waals surface area contributed by atoms with Crippen molar-refractivity contribution in [3.8, 4) is 0 Å². The van der Waals surface area contributed by atoms with Crippen LogP contribution in [0.25, 0.3) is 0 Å². The molecule has 1 saturated heterocycles. The number of Topliss-reactive ketones (excluding diaryl/α,β-unsaturated/α-hetero) is 1. The van der Waals surface area contributed by atoms with E-state index in [0.717, 1.165) is 18.7 Å². The first-order valence-electron chi connectivity index (χ1n) is 9.40. The molecule has 25 heavy (non-hydrogen) atoms. The zero-order valence-electron chi connectivity index (χ0n) is 15.8. The van der Waals surface area contributed by atoms with Gasteiger partial charge in [0.1, 0.15) is 5.78 Å². The van der Waals surface area contributed by atoms with E-state index in [9.17, 15) is 4.79 Å². The lowest BCUT2D eigenvalue weighted by atomic mass is 9.79. The molecule has 1 aliphatic heterocycles. The SMILES string of the molecule is CC(C)c1cccc(C2CN(C(C)C)CC(c3ccccc3)C2=O)c1. The fourth-order valence-corrected chi connectivity index (χ4v) is 3.75. The molecule has 2 aromatic rings. The van der Waals surface area contributed by atoms with E-state index >= 15 is 0 Å². The number of rotatable bonds is 4. The maximum absolute atomic E-state index is 13.3. The number of ketones is 1. The van der Waals surface area contributed by atoms with E-state index in [1.165, 1.54) is 11.1 Å². The van der Waals surface area contributed by atoms with Crippen LogP contribution in [0, 0.1) is 0 Å². The van der Waals surface area contributed by atoms with Gasteiger partial charge < -0.3 is 0 Å². The van der Waals surface area contributed by atoms with Crippen LogP contribution in [0.5, 0.6) is 0 Å². The van der Waals surface area contributed by atoms with Crippen LogP contribution in [-0.4, -0.2) is 29.8 Å². The van der Waals surface area contributed by atoms with Gasteiger partial charge in [-0.2, -0.15) is 0 Å². The average molecular weight is 335 g/mol. The molecule has 1 heterocycles. The highest BCUT2D eigenvalue weighted by atomic mass is 16.1. The summed E-state index contributed by atoms with van der Waals surface area (Å²) >= 11 is 0. The number of piperidine rings is 1. The first-order valence-corrected chi connectivity index (χ1v) is 9.40. The maximum atomic E-state index is 13.3. The second kappa shape index (κ2) is 7.53. The molecular weight excluding hydrogens is 306 g/mol. The normalized spacial score (nSPS) is 21.9. The zero-order chi connectivity index (χ0) is 18.0. The van der Waals surface area contributed by atoms with E-state index in [1.54, 1.807) is 0 Å². The van der Waals surface area contributed by atoms with Gasteiger partial charge in [0.15, 0.2) is 0 Å². The molecule has 0 aliphatic carbocycles. The maximum Gasteiger partial charge on any atom is 0.150 e. The van der Waals surface area contributed by atoms with Crippen molar-refractivity contribution in [1.82, 2.24) is 4.90 Å². The van der Waals surface area contributed by atoms with Crippen LogP contribution >= 0.6 is 0 Å². The van der Waals surface area contributed by atoms with Gasteiger partial charge in [-0.1, -0.05) is 68.4 Å². The van der Waals surface area contributed by atoms with Gasteiger partial charge in [0.2, 0.25) is 0 Å². The van der Waals surface area contributed by atoms with Crippen molar-refractivity contribution in [3.05, 3.63) is 71.3 Å². The van der Waals surface area contributed by atoms with Gasteiger partial charge in [0, 0.05) is 19.1 Å². The summed E-state index contributed by atoms with van der Waals surface area (Å²) in [5.74, 6) is 0.763. The smallest absolute Gasteiger partial charge is 0.150 e. The summed E-state index contributed by atoms with van der Waals surface area (Å²) in [6.45, 7) is 10.5. The van der Waals surface area contributed by atoms with E-state index in [0.29, 0.717) is 17.7 Å². The third-order valence-electron chi connectivity index (χ3n) is 5.43. The second-order valence-electron chi connectivity index (χ2n) is 7.79. The van der Waals surface area contributed by atoms with E-state index in [-0.39, 0.29) is 11.8 Å². The lowest BCUT2D eigenvalue weighted by Gasteiger charge is -2.39. The molecule has 132 valence electrons. The largest absolute Gasteiger partial charge is 0.299 e. The Hall–Kier alpha value is -1.93. The highest BCUT2D eigenvalue weighted by Crippen LogP contribution is 2.34. The van der Waals surface area contributed by atoms with Crippen molar-refractivity contribution in [3.63, 3.8) is 0 Å². The van der Waals surface area contributed by atoms with Crippen molar-refractivity contribution in [2.24, 2.45) is 0 Å². The van der Waals surface area contributed by atoms with Gasteiger partial charge in [0.25, 0.3) is 0 Å². The molecule has 0 spiro atoms. The fourth-order valence-electron chi connectivity index (χ4n) is 3.75. The molecule has 0 aromatic heterocycles. The molecule has 0 radical (unpaired) electrons. The highest BCUT2D eigenvalue weighted by Gasteiger charge is 2.37. The van der Waals surface area contributed by atoms with Crippen LogP contribution in [-0.2, 0) is 4.79 Å². The number of hydrogen-bond acceptors (Lipinski definition) is 2. The highest BCUT2D eigenvalue weighted by molar-refractivity contribution is 5.93.